The van der Waals surface area contributed by atoms with Gasteiger partial charge in [0, 0.05) is 18.7 Å². The molecule has 6 nitrogen and oxygen atoms in total. The average Bonchev–Trinajstić information content (AvgIpc) is 3.17. The van der Waals surface area contributed by atoms with E-state index in [0.29, 0.717) is 22.9 Å². The van der Waals surface area contributed by atoms with E-state index >= 15 is 0 Å². The summed E-state index contributed by atoms with van der Waals surface area (Å²) in [6, 6.07) is 11.8. The Bertz CT molecular complexity index is 779. The van der Waals surface area contributed by atoms with Gasteiger partial charge in [-0.25, -0.2) is 4.79 Å². The fourth-order valence-corrected chi connectivity index (χ4v) is 3.49. The molecule has 1 heterocycles. The first-order chi connectivity index (χ1) is 13.1. The predicted octanol–water partition coefficient (Wildman–Crippen LogP) is 4.39. The van der Waals surface area contributed by atoms with Crippen molar-refractivity contribution in [2.45, 2.75) is 25.8 Å². The lowest BCUT2D eigenvalue weighted by atomic mass is 10.0. The van der Waals surface area contributed by atoms with Crippen LogP contribution < -0.4 is 19.5 Å². The highest BCUT2D eigenvalue weighted by Gasteiger charge is 2.30. The first-order valence-electron chi connectivity index (χ1n) is 9.01. The molecule has 3 rings (SSSR count). The molecule has 1 saturated heterocycles. The topological polar surface area (TPSA) is 60.0 Å². The van der Waals surface area contributed by atoms with Crippen LogP contribution in [0.15, 0.2) is 36.4 Å². The van der Waals surface area contributed by atoms with Crippen LogP contribution in [0.2, 0.25) is 0 Å². The Hall–Kier alpha value is -2.89. The Labute approximate surface area is 160 Å². The van der Waals surface area contributed by atoms with E-state index in [-0.39, 0.29) is 12.1 Å². The van der Waals surface area contributed by atoms with E-state index in [2.05, 4.69) is 36.5 Å². The highest BCUT2D eigenvalue weighted by atomic mass is 16.5. The Morgan fingerprint density at radius 1 is 1.04 bits per heavy atom. The molecule has 0 bridgehead atoms. The fraction of sp³-hybridized carbons (Fsp3) is 0.381. The van der Waals surface area contributed by atoms with E-state index < -0.39 is 0 Å². The summed E-state index contributed by atoms with van der Waals surface area (Å²) in [7, 11) is 4.66. The summed E-state index contributed by atoms with van der Waals surface area (Å²) in [4.78, 5) is 14.8. The van der Waals surface area contributed by atoms with Gasteiger partial charge >= 0.3 is 6.03 Å². The van der Waals surface area contributed by atoms with Gasteiger partial charge in [-0.15, -0.1) is 0 Å². The summed E-state index contributed by atoms with van der Waals surface area (Å²) in [6.45, 7) is 2.79. The van der Waals surface area contributed by atoms with Gasteiger partial charge in [-0.2, -0.15) is 0 Å². The summed E-state index contributed by atoms with van der Waals surface area (Å²) in [5.41, 5.74) is 2.98. The second-order valence-corrected chi connectivity index (χ2v) is 6.61. The summed E-state index contributed by atoms with van der Waals surface area (Å²) in [6.07, 6.45) is 1.95. The second kappa shape index (κ2) is 8.20. The lowest BCUT2D eigenvalue weighted by Crippen LogP contribution is -2.34. The molecule has 0 spiro atoms. The molecule has 1 aliphatic rings. The van der Waals surface area contributed by atoms with Crippen molar-refractivity contribution in [3.63, 3.8) is 0 Å². The summed E-state index contributed by atoms with van der Waals surface area (Å²) >= 11 is 0. The van der Waals surface area contributed by atoms with E-state index in [1.165, 1.54) is 5.56 Å². The third-order valence-corrected chi connectivity index (χ3v) is 4.89. The molecule has 2 amide bonds. The van der Waals surface area contributed by atoms with Gasteiger partial charge in [0.15, 0.2) is 11.5 Å². The van der Waals surface area contributed by atoms with E-state index in [4.69, 9.17) is 14.2 Å². The Kier molecular flexibility index (Phi) is 5.74. The van der Waals surface area contributed by atoms with Crippen LogP contribution in [0.4, 0.5) is 10.5 Å². The highest BCUT2D eigenvalue weighted by molar-refractivity contribution is 5.90. The smallest absolute Gasteiger partial charge is 0.322 e. The summed E-state index contributed by atoms with van der Waals surface area (Å²) < 4.78 is 16.0. The monoisotopic (exact) mass is 370 g/mol. The van der Waals surface area contributed by atoms with Crippen molar-refractivity contribution in [3.8, 4) is 17.2 Å². The lowest BCUT2D eigenvalue weighted by Gasteiger charge is -2.26. The zero-order valence-electron chi connectivity index (χ0n) is 16.2. The molecule has 1 atom stereocenters. The van der Waals surface area contributed by atoms with Crippen molar-refractivity contribution in [3.05, 3.63) is 47.5 Å². The first kappa shape index (κ1) is 18.9. The number of nitrogens with one attached hydrogen (secondary N) is 1. The van der Waals surface area contributed by atoms with Crippen molar-refractivity contribution >= 4 is 11.7 Å². The molecule has 1 fully saturated rings. The molecule has 2 aromatic carbocycles. The minimum Gasteiger partial charge on any atom is -0.493 e. The van der Waals surface area contributed by atoms with E-state index in [0.717, 1.165) is 24.9 Å². The highest BCUT2D eigenvalue weighted by Crippen LogP contribution is 2.40. The van der Waals surface area contributed by atoms with Crippen molar-refractivity contribution in [2.24, 2.45) is 0 Å². The first-order valence-corrected chi connectivity index (χ1v) is 9.01. The maximum Gasteiger partial charge on any atom is 0.322 e. The van der Waals surface area contributed by atoms with Crippen LogP contribution in [0.3, 0.4) is 0 Å². The number of methoxy groups -OCH3 is 3. The Morgan fingerprint density at radius 3 is 2.22 bits per heavy atom. The minimum absolute atomic E-state index is 0.0904. The van der Waals surface area contributed by atoms with E-state index in [1.807, 2.05) is 4.90 Å². The molecule has 0 saturated carbocycles. The normalized spacial score (nSPS) is 16.1. The number of rotatable bonds is 5. The van der Waals surface area contributed by atoms with Gasteiger partial charge in [-0.1, -0.05) is 29.8 Å². The standard InChI is InChI=1S/C21H26N2O4/c1-14-7-9-15(10-8-14)17-6-5-11-23(17)21(24)22-16-12-18(25-2)20(27-4)19(13-16)26-3/h7-10,12-13,17H,5-6,11H2,1-4H3,(H,22,24)/t17-/m1/s1. The quantitative estimate of drug-likeness (QED) is 0.848. The summed E-state index contributed by atoms with van der Waals surface area (Å²) in [5, 5.41) is 2.97. The number of urea groups is 1. The lowest BCUT2D eigenvalue weighted by molar-refractivity contribution is 0.207. The van der Waals surface area contributed by atoms with Gasteiger partial charge < -0.3 is 24.4 Å². The maximum atomic E-state index is 12.9. The number of amides is 2. The second-order valence-electron chi connectivity index (χ2n) is 6.61. The number of carbonyl (C=O) groups is 1. The van der Waals surface area contributed by atoms with Crippen molar-refractivity contribution in [1.29, 1.82) is 0 Å². The molecular weight excluding hydrogens is 344 g/mol. The van der Waals surface area contributed by atoms with E-state index in [1.54, 1.807) is 33.5 Å². The van der Waals surface area contributed by atoms with Gasteiger partial charge in [-0.3, -0.25) is 0 Å². The number of anilines is 1. The number of hydrogen-bond donors (Lipinski definition) is 1. The number of benzene rings is 2. The van der Waals surface area contributed by atoms with Crippen LogP contribution >= 0.6 is 0 Å². The van der Waals surface area contributed by atoms with Gasteiger partial charge in [0.25, 0.3) is 0 Å². The van der Waals surface area contributed by atoms with Crippen molar-refractivity contribution in [1.82, 2.24) is 4.90 Å². The largest absolute Gasteiger partial charge is 0.493 e. The Balaban J connectivity index is 1.81. The molecule has 1 aliphatic heterocycles. The van der Waals surface area contributed by atoms with Crippen LogP contribution in [0.5, 0.6) is 17.2 Å². The molecule has 1 N–H and O–H groups in total. The zero-order chi connectivity index (χ0) is 19.4. The van der Waals surface area contributed by atoms with Crippen LogP contribution in [0.25, 0.3) is 0 Å². The maximum absolute atomic E-state index is 12.9. The molecule has 0 aliphatic carbocycles. The number of carbonyl (C=O) groups excluding carboxylic acids is 1. The number of hydrogen-bond acceptors (Lipinski definition) is 4. The molecule has 0 unspecified atom stereocenters. The van der Waals surface area contributed by atoms with Crippen LogP contribution in [-0.2, 0) is 0 Å². The van der Waals surface area contributed by atoms with E-state index in [9.17, 15) is 4.79 Å². The molecule has 27 heavy (non-hydrogen) atoms. The van der Waals surface area contributed by atoms with Crippen LogP contribution in [0.1, 0.15) is 30.0 Å². The van der Waals surface area contributed by atoms with Crippen LogP contribution in [-0.4, -0.2) is 38.8 Å². The van der Waals surface area contributed by atoms with Crippen molar-refractivity contribution < 1.29 is 19.0 Å². The summed E-state index contributed by atoms with van der Waals surface area (Å²) in [5.74, 6) is 1.50. The van der Waals surface area contributed by atoms with Crippen LogP contribution in [0, 0.1) is 6.92 Å². The predicted molar refractivity (Wildman–Crippen MR) is 105 cm³/mol. The third-order valence-electron chi connectivity index (χ3n) is 4.89. The number of ether oxygens (including phenoxy) is 3. The Morgan fingerprint density at radius 2 is 1.67 bits per heavy atom. The fourth-order valence-electron chi connectivity index (χ4n) is 3.49. The van der Waals surface area contributed by atoms with Gasteiger partial charge in [0.2, 0.25) is 5.75 Å². The van der Waals surface area contributed by atoms with Crippen molar-refractivity contribution in [2.75, 3.05) is 33.2 Å². The van der Waals surface area contributed by atoms with Gasteiger partial charge in [0.05, 0.1) is 33.1 Å². The molecule has 2 aromatic rings. The van der Waals surface area contributed by atoms with Gasteiger partial charge in [-0.05, 0) is 25.3 Å². The number of likely N-dealkylation sites (tertiary alicyclic amines) is 1. The third kappa shape index (κ3) is 3.94. The molecule has 0 radical (unpaired) electrons. The molecule has 144 valence electrons. The number of nitrogens with zero attached hydrogens (tertiary/aromatic N) is 1. The molecule has 0 aromatic heterocycles. The minimum atomic E-state index is -0.132. The number of aryl methyl sites for hydroxylation is 1. The molecule has 6 heteroatoms. The van der Waals surface area contributed by atoms with Gasteiger partial charge in [0.1, 0.15) is 0 Å². The average molecular weight is 370 g/mol. The molecular formula is C21H26N2O4. The zero-order valence-corrected chi connectivity index (χ0v) is 16.2. The SMILES string of the molecule is COc1cc(NC(=O)N2CCC[C@@H]2c2ccc(C)cc2)cc(OC)c1OC.